The molecule has 1 aliphatic rings. The second kappa shape index (κ2) is 4.47. The van der Waals surface area contributed by atoms with E-state index >= 15 is 0 Å². The number of hydrogen-bond acceptors (Lipinski definition) is 3. The van der Waals surface area contributed by atoms with Crippen molar-refractivity contribution in [2.45, 2.75) is 6.54 Å². The minimum absolute atomic E-state index is 0.136. The van der Waals surface area contributed by atoms with Gasteiger partial charge in [-0.1, -0.05) is 18.2 Å². The van der Waals surface area contributed by atoms with Crippen LogP contribution in [0.2, 0.25) is 0 Å². The maximum absolute atomic E-state index is 11.3. The molecule has 3 nitrogen and oxygen atoms in total. The molecule has 1 fully saturated rings. The number of carbonyl (C=O) groups excluding carboxylic acids is 1. The zero-order valence-electron chi connectivity index (χ0n) is 9.48. The maximum atomic E-state index is 11.3. The fourth-order valence-corrected chi connectivity index (χ4v) is 3.27. The number of carbonyl (C=O) groups is 1. The van der Waals surface area contributed by atoms with E-state index in [0.29, 0.717) is 6.54 Å². The summed E-state index contributed by atoms with van der Waals surface area (Å²) < 4.78 is 1.32. The van der Waals surface area contributed by atoms with Crippen LogP contribution in [0.15, 0.2) is 30.3 Å². The lowest BCUT2D eigenvalue weighted by molar-refractivity contribution is -0.124. The van der Waals surface area contributed by atoms with Crippen LogP contribution in [0.3, 0.4) is 0 Å². The Morgan fingerprint density at radius 1 is 1.35 bits per heavy atom. The average Bonchev–Trinajstić information content (AvgIpc) is 2.71. The average molecular weight is 246 g/mol. The number of amides is 1. The standard InChI is InChI=1S/C13H14N2OS/c16-13-9-15(6-5-14-13)8-11-7-10-3-1-2-4-12(10)17-11/h1-4,7H,5-6,8-9H2,(H,14,16). The fraction of sp³-hybridized carbons (Fsp3) is 0.308. The SMILES string of the molecule is O=C1CN(Cc2cc3ccccc3s2)CCN1. The molecule has 1 aromatic heterocycles. The van der Waals surface area contributed by atoms with Crippen LogP contribution < -0.4 is 5.32 Å². The molecule has 0 atom stereocenters. The summed E-state index contributed by atoms with van der Waals surface area (Å²) in [6.07, 6.45) is 0. The number of thiophene rings is 1. The first kappa shape index (κ1) is 10.7. The lowest BCUT2D eigenvalue weighted by Crippen LogP contribution is -2.46. The third-order valence-corrected chi connectivity index (χ3v) is 4.07. The van der Waals surface area contributed by atoms with E-state index in [1.54, 1.807) is 0 Å². The number of nitrogens with zero attached hydrogens (tertiary/aromatic N) is 1. The molecule has 3 rings (SSSR count). The summed E-state index contributed by atoms with van der Waals surface area (Å²) in [4.78, 5) is 14.8. The summed E-state index contributed by atoms with van der Waals surface area (Å²) in [5.74, 6) is 0.136. The number of nitrogens with one attached hydrogen (secondary N) is 1. The van der Waals surface area contributed by atoms with Crippen LogP contribution in [-0.2, 0) is 11.3 Å². The van der Waals surface area contributed by atoms with E-state index < -0.39 is 0 Å². The Hall–Kier alpha value is -1.39. The van der Waals surface area contributed by atoms with E-state index in [4.69, 9.17) is 0 Å². The molecule has 4 heteroatoms. The lowest BCUT2D eigenvalue weighted by Gasteiger charge is -2.25. The van der Waals surface area contributed by atoms with Gasteiger partial charge in [0.1, 0.15) is 0 Å². The van der Waals surface area contributed by atoms with E-state index in [0.717, 1.165) is 19.6 Å². The molecule has 1 N–H and O–H groups in total. The van der Waals surface area contributed by atoms with Crippen LogP contribution in [0, 0.1) is 0 Å². The summed E-state index contributed by atoms with van der Waals surface area (Å²) >= 11 is 1.82. The van der Waals surface area contributed by atoms with Gasteiger partial charge in [0.15, 0.2) is 0 Å². The molecular formula is C13H14N2OS. The third kappa shape index (κ3) is 2.33. The van der Waals surface area contributed by atoms with Gasteiger partial charge in [-0.3, -0.25) is 9.69 Å². The predicted octanol–water partition coefficient (Wildman–Crippen LogP) is 1.83. The van der Waals surface area contributed by atoms with Crippen molar-refractivity contribution in [2.75, 3.05) is 19.6 Å². The number of fused-ring (bicyclic) bond motifs is 1. The molecule has 0 bridgehead atoms. The Labute approximate surface area is 104 Å². The summed E-state index contributed by atoms with van der Waals surface area (Å²) in [5, 5.41) is 4.15. The second-order valence-electron chi connectivity index (χ2n) is 4.31. The van der Waals surface area contributed by atoms with Gasteiger partial charge < -0.3 is 5.32 Å². The van der Waals surface area contributed by atoms with Gasteiger partial charge in [0, 0.05) is 29.2 Å². The Morgan fingerprint density at radius 2 is 2.24 bits per heavy atom. The summed E-state index contributed by atoms with van der Waals surface area (Å²) in [6, 6.07) is 10.6. The topological polar surface area (TPSA) is 32.3 Å². The summed E-state index contributed by atoms with van der Waals surface area (Å²) in [5.41, 5.74) is 0. The van der Waals surface area contributed by atoms with Gasteiger partial charge in [-0.2, -0.15) is 0 Å². The minimum Gasteiger partial charge on any atom is -0.354 e. The van der Waals surface area contributed by atoms with Crippen molar-refractivity contribution in [1.29, 1.82) is 0 Å². The molecule has 2 aromatic rings. The molecule has 0 saturated carbocycles. The molecule has 1 aliphatic heterocycles. The van der Waals surface area contributed by atoms with Crippen LogP contribution in [0.4, 0.5) is 0 Å². The molecule has 88 valence electrons. The number of benzene rings is 1. The van der Waals surface area contributed by atoms with E-state index in [9.17, 15) is 4.79 Å². The molecule has 0 aliphatic carbocycles. The van der Waals surface area contributed by atoms with Crippen LogP contribution in [0.1, 0.15) is 4.88 Å². The molecule has 17 heavy (non-hydrogen) atoms. The first-order valence-electron chi connectivity index (χ1n) is 5.78. The minimum atomic E-state index is 0.136. The summed E-state index contributed by atoms with van der Waals surface area (Å²) in [7, 11) is 0. The maximum Gasteiger partial charge on any atom is 0.234 e. The first-order valence-corrected chi connectivity index (χ1v) is 6.59. The van der Waals surface area contributed by atoms with Gasteiger partial charge in [-0.15, -0.1) is 11.3 Å². The van der Waals surface area contributed by atoms with Gasteiger partial charge in [0.05, 0.1) is 6.54 Å². The van der Waals surface area contributed by atoms with Gasteiger partial charge in [0.2, 0.25) is 5.91 Å². The lowest BCUT2D eigenvalue weighted by atomic mass is 10.2. The van der Waals surface area contributed by atoms with E-state index in [1.165, 1.54) is 15.0 Å². The molecule has 2 heterocycles. The molecule has 1 saturated heterocycles. The van der Waals surface area contributed by atoms with Crippen LogP contribution in [-0.4, -0.2) is 30.4 Å². The van der Waals surface area contributed by atoms with Gasteiger partial charge in [0.25, 0.3) is 0 Å². The molecule has 0 unspecified atom stereocenters. The highest BCUT2D eigenvalue weighted by atomic mass is 32.1. The number of piperazine rings is 1. The van der Waals surface area contributed by atoms with Gasteiger partial charge in [-0.25, -0.2) is 0 Å². The molecular weight excluding hydrogens is 232 g/mol. The molecule has 0 spiro atoms. The Kier molecular flexibility index (Phi) is 2.82. The first-order chi connectivity index (χ1) is 8.31. The molecule has 0 radical (unpaired) electrons. The quantitative estimate of drug-likeness (QED) is 0.877. The van der Waals surface area contributed by atoms with E-state index in [1.807, 2.05) is 11.3 Å². The summed E-state index contributed by atoms with van der Waals surface area (Å²) in [6.45, 7) is 3.12. The van der Waals surface area contributed by atoms with Crippen molar-refractivity contribution in [1.82, 2.24) is 10.2 Å². The normalized spacial score (nSPS) is 17.3. The van der Waals surface area contributed by atoms with Crippen LogP contribution in [0.25, 0.3) is 10.1 Å². The van der Waals surface area contributed by atoms with Crippen molar-refractivity contribution in [3.8, 4) is 0 Å². The highest BCUT2D eigenvalue weighted by Crippen LogP contribution is 2.26. The Balaban J connectivity index is 1.78. The van der Waals surface area contributed by atoms with Gasteiger partial charge in [-0.05, 0) is 17.5 Å². The fourth-order valence-electron chi connectivity index (χ4n) is 2.16. The molecule has 1 amide bonds. The van der Waals surface area contributed by atoms with E-state index in [2.05, 4.69) is 40.5 Å². The second-order valence-corrected chi connectivity index (χ2v) is 5.48. The van der Waals surface area contributed by atoms with Crippen molar-refractivity contribution in [3.63, 3.8) is 0 Å². The van der Waals surface area contributed by atoms with Crippen LogP contribution >= 0.6 is 11.3 Å². The van der Waals surface area contributed by atoms with Crippen molar-refractivity contribution < 1.29 is 4.79 Å². The zero-order chi connectivity index (χ0) is 11.7. The largest absolute Gasteiger partial charge is 0.354 e. The number of rotatable bonds is 2. The van der Waals surface area contributed by atoms with E-state index in [-0.39, 0.29) is 5.91 Å². The number of hydrogen-bond donors (Lipinski definition) is 1. The Bertz CT molecular complexity index is 516. The van der Waals surface area contributed by atoms with Crippen molar-refractivity contribution >= 4 is 27.3 Å². The van der Waals surface area contributed by atoms with Gasteiger partial charge >= 0.3 is 0 Å². The highest BCUT2D eigenvalue weighted by molar-refractivity contribution is 7.19. The van der Waals surface area contributed by atoms with Crippen molar-refractivity contribution in [2.24, 2.45) is 0 Å². The molecule has 1 aromatic carbocycles. The monoisotopic (exact) mass is 246 g/mol. The third-order valence-electron chi connectivity index (χ3n) is 2.97. The van der Waals surface area contributed by atoms with Crippen molar-refractivity contribution in [3.05, 3.63) is 35.2 Å². The zero-order valence-corrected chi connectivity index (χ0v) is 10.3. The highest BCUT2D eigenvalue weighted by Gasteiger charge is 2.16. The smallest absolute Gasteiger partial charge is 0.234 e. The Morgan fingerprint density at radius 3 is 3.06 bits per heavy atom. The predicted molar refractivity (Wildman–Crippen MR) is 70.1 cm³/mol. The van der Waals surface area contributed by atoms with Crippen LogP contribution in [0.5, 0.6) is 0 Å².